The Morgan fingerprint density at radius 2 is 2.18 bits per heavy atom. The lowest BCUT2D eigenvalue weighted by Crippen LogP contribution is -1.89. The summed E-state index contributed by atoms with van der Waals surface area (Å²) < 4.78 is 10.4. The van der Waals surface area contributed by atoms with Crippen molar-refractivity contribution in [3.63, 3.8) is 0 Å². The Kier molecular flexibility index (Phi) is 2.22. The van der Waals surface area contributed by atoms with E-state index in [1.807, 2.05) is 13.0 Å². The summed E-state index contributed by atoms with van der Waals surface area (Å²) in [6.45, 7) is 1.91. The predicted molar refractivity (Wildman–Crippen MR) is 61.3 cm³/mol. The number of rotatable bonds is 2. The Morgan fingerprint density at radius 1 is 1.29 bits per heavy atom. The van der Waals surface area contributed by atoms with Gasteiger partial charge in [-0.3, -0.25) is 5.32 Å². The standard InChI is InChI=1S/C10H7ClN4O2/c1-5-2-6(11)3-7-8(5)13-9(17-7)14-10-15-12-4-16-10/h2-4H,1H3,(H,13,14,15). The summed E-state index contributed by atoms with van der Waals surface area (Å²) in [6, 6.07) is 4.04. The Balaban J connectivity index is 2.05. The third kappa shape index (κ3) is 1.83. The highest BCUT2D eigenvalue weighted by molar-refractivity contribution is 6.31. The molecular formula is C10H7ClN4O2. The van der Waals surface area contributed by atoms with Crippen molar-refractivity contribution in [1.29, 1.82) is 0 Å². The minimum absolute atomic E-state index is 0.223. The highest BCUT2D eigenvalue weighted by Gasteiger charge is 2.10. The molecule has 0 aliphatic carbocycles. The van der Waals surface area contributed by atoms with E-state index < -0.39 is 0 Å². The lowest BCUT2D eigenvalue weighted by atomic mass is 10.2. The van der Waals surface area contributed by atoms with Crippen LogP contribution in [-0.2, 0) is 0 Å². The third-order valence-corrected chi connectivity index (χ3v) is 2.44. The fourth-order valence-electron chi connectivity index (χ4n) is 1.53. The molecule has 0 aliphatic rings. The third-order valence-electron chi connectivity index (χ3n) is 2.22. The van der Waals surface area contributed by atoms with Crippen LogP contribution in [-0.4, -0.2) is 15.2 Å². The van der Waals surface area contributed by atoms with Gasteiger partial charge in [0.1, 0.15) is 5.52 Å². The highest BCUT2D eigenvalue weighted by Crippen LogP contribution is 2.26. The van der Waals surface area contributed by atoms with Gasteiger partial charge in [-0.2, -0.15) is 4.98 Å². The summed E-state index contributed by atoms with van der Waals surface area (Å²) in [7, 11) is 0. The largest absolute Gasteiger partial charge is 0.423 e. The first-order chi connectivity index (χ1) is 8.22. The summed E-state index contributed by atoms with van der Waals surface area (Å²) in [4.78, 5) is 4.26. The Morgan fingerprint density at radius 3 is 2.94 bits per heavy atom. The second-order valence-corrected chi connectivity index (χ2v) is 3.89. The Bertz CT molecular complexity index is 662. The van der Waals surface area contributed by atoms with Crippen LogP contribution in [0.2, 0.25) is 5.02 Å². The highest BCUT2D eigenvalue weighted by atomic mass is 35.5. The van der Waals surface area contributed by atoms with Gasteiger partial charge in [0.2, 0.25) is 6.39 Å². The number of anilines is 2. The van der Waals surface area contributed by atoms with E-state index in [4.69, 9.17) is 20.4 Å². The maximum atomic E-state index is 5.93. The molecule has 0 spiro atoms. The van der Waals surface area contributed by atoms with Crippen LogP contribution in [0.1, 0.15) is 5.56 Å². The summed E-state index contributed by atoms with van der Waals surface area (Å²) in [5.74, 6) is 0. The van der Waals surface area contributed by atoms with E-state index in [1.54, 1.807) is 6.07 Å². The molecule has 3 rings (SSSR count). The number of nitrogens with one attached hydrogen (secondary N) is 1. The van der Waals surface area contributed by atoms with Gasteiger partial charge in [-0.05, 0) is 18.6 Å². The van der Waals surface area contributed by atoms with Gasteiger partial charge in [-0.1, -0.05) is 16.7 Å². The normalized spacial score (nSPS) is 10.9. The zero-order valence-corrected chi connectivity index (χ0v) is 9.52. The molecule has 86 valence electrons. The average molecular weight is 251 g/mol. The molecule has 3 aromatic rings. The first-order valence-corrected chi connectivity index (χ1v) is 5.20. The fourth-order valence-corrected chi connectivity index (χ4v) is 1.79. The summed E-state index contributed by atoms with van der Waals surface area (Å²) in [5, 5.41) is 10.6. The van der Waals surface area contributed by atoms with Crippen molar-refractivity contribution < 1.29 is 8.83 Å². The number of fused-ring (bicyclic) bond motifs is 1. The summed E-state index contributed by atoms with van der Waals surface area (Å²) in [5.41, 5.74) is 2.29. The first-order valence-electron chi connectivity index (χ1n) is 4.82. The van der Waals surface area contributed by atoms with Gasteiger partial charge in [-0.25, -0.2) is 0 Å². The summed E-state index contributed by atoms with van der Waals surface area (Å²) >= 11 is 5.93. The van der Waals surface area contributed by atoms with Crippen molar-refractivity contribution in [2.75, 3.05) is 5.32 Å². The van der Waals surface area contributed by atoms with Crippen LogP contribution in [0.15, 0.2) is 27.4 Å². The number of benzene rings is 1. The fraction of sp³-hybridized carbons (Fsp3) is 0.100. The van der Waals surface area contributed by atoms with E-state index in [2.05, 4.69) is 20.5 Å². The second-order valence-electron chi connectivity index (χ2n) is 3.46. The quantitative estimate of drug-likeness (QED) is 0.753. The van der Waals surface area contributed by atoms with Gasteiger partial charge < -0.3 is 8.83 Å². The molecule has 0 saturated heterocycles. The summed E-state index contributed by atoms with van der Waals surface area (Å²) in [6.07, 6.45) is 1.22. The first kappa shape index (κ1) is 10.1. The van der Waals surface area contributed by atoms with Crippen molar-refractivity contribution in [1.82, 2.24) is 15.2 Å². The monoisotopic (exact) mass is 250 g/mol. The molecule has 6 nitrogen and oxygen atoms in total. The molecule has 0 bridgehead atoms. The Labute approximate surface area is 101 Å². The topological polar surface area (TPSA) is 77.0 Å². The minimum atomic E-state index is 0.223. The van der Waals surface area contributed by atoms with Crippen LogP contribution in [0.5, 0.6) is 0 Å². The number of hydrogen-bond donors (Lipinski definition) is 1. The van der Waals surface area contributed by atoms with Gasteiger partial charge >= 0.3 is 12.0 Å². The van der Waals surface area contributed by atoms with E-state index in [0.717, 1.165) is 11.1 Å². The van der Waals surface area contributed by atoms with E-state index in [0.29, 0.717) is 10.6 Å². The van der Waals surface area contributed by atoms with Gasteiger partial charge in [-0.15, -0.1) is 5.10 Å². The lowest BCUT2D eigenvalue weighted by molar-refractivity contribution is 0.559. The minimum Gasteiger partial charge on any atom is -0.423 e. The van der Waals surface area contributed by atoms with E-state index in [9.17, 15) is 0 Å². The molecule has 1 N–H and O–H groups in total. The molecule has 0 saturated carbocycles. The van der Waals surface area contributed by atoms with E-state index >= 15 is 0 Å². The smallest absolute Gasteiger partial charge is 0.323 e. The van der Waals surface area contributed by atoms with Crippen molar-refractivity contribution in [2.24, 2.45) is 0 Å². The molecule has 0 unspecified atom stereocenters. The molecule has 0 fully saturated rings. The molecule has 7 heteroatoms. The van der Waals surface area contributed by atoms with Crippen molar-refractivity contribution >= 4 is 34.7 Å². The van der Waals surface area contributed by atoms with Crippen molar-refractivity contribution in [2.45, 2.75) is 6.92 Å². The number of aromatic nitrogens is 3. The molecule has 2 heterocycles. The van der Waals surface area contributed by atoms with Crippen molar-refractivity contribution in [3.8, 4) is 0 Å². The average Bonchev–Trinajstić information content (AvgIpc) is 2.87. The van der Waals surface area contributed by atoms with Crippen LogP contribution in [0.3, 0.4) is 0 Å². The van der Waals surface area contributed by atoms with Crippen LogP contribution < -0.4 is 5.32 Å². The number of hydrogen-bond acceptors (Lipinski definition) is 6. The van der Waals surface area contributed by atoms with Crippen LogP contribution >= 0.6 is 11.6 Å². The second kappa shape index (κ2) is 3.74. The van der Waals surface area contributed by atoms with Crippen LogP contribution in [0, 0.1) is 6.92 Å². The SMILES string of the molecule is Cc1cc(Cl)cc2oc(Nc3nnco3)nc12. The maximum absolute atomic E-state index is 5.93. The van der Waals surface area contributed by atoms with Gasteiger partial charge in [0.05, 0.1) is 0 Å². The molecule has 17 heavy (non-hydrogen) atoms. The lowest BCUT2D eigenvalue weighted by Gasteiger charge is -1.92. The molecule has 0 radical (unpaired) electrons. The molecule has 0 amide bonds. The number of aryl methyl sites for hydroxylation is 1. The molecule has 0 aliphatic heterocycles. The molecule has 0 atom stereocenters. The Hall–Kier alpha value is -2.08. The number of nitrogens with zero attached hydrogens (tertiary/aromatic N) is 3. The molecule has 2 aromatic heterocycles. The molecule has 1 aromatic carbocycles. The van der Waals surface area contributed by atoms with Crippen LogP contribution in [0.25, 0.3) is 11.1 Å². The number of halogens is 1. The zero-order valence-electron chi connectivity index (χ0n) is 8.77. The molecular weight excluding hydrogens is 244 g/mol. The maximum Gasteiger partial charge on any atom is 0.323 e. The van der Waals surface area contributed by atoms with Gasteiger partial charge in [0, 0.05) is 11.1 Å². The van der Waals surface area contributed by atoms with Crippen molar-refractivity contribution in [3.05, 3.63) is 29.1 Å². The number of oxazole rings is 1. The van der Waals surface area contributed by atoms with Gasteiger partial charge in [0.25, 0.3) is 0 Å². The predicted octanol–water partition coefficient (Wildman–Crippen LogP) is 2.92. The zero-order chi connectivity index (χ0) is 11.8. The van der Waals surface area contributed by atoms with E-state index in [1.165, 1.54) is 6.39 Å². The van der Waals surface area contributed by atoms with E-state index in [-0.39, 0.29) is 12.0 Å². The van der Waals surface area contributed by atoms with Gasteiger partial charge in [0.15, 0.2) is 5.58 Å². The van der Waals surface area contributed by atoms with Crippen LogP contribution in [0.4, 0.5) is 12.0 Å².